The molecular weight excluding hydrogens is 268 g/mol. The number of methoxy groups -OCH3 is 1. The van der Waals surface area contributed by atoms with Crippen molar-refractivity contribution in [1.82, 2.24) is 9.97 Å². The maximum atomic E-state index is 5.89. The molecule has 1 aromatic carbocycles. The molecule has 0 bridgehead atoms. The summed E-state index contributed by atoms with van der Waals surface area (Å²) in [6.07, 6.45) is 1.31. The van der Waals surface area contributed by atoms with E-state index in [9.17, 15) is 0 Å². The summed E-state index contributed by atoms with van der Waals surface area (Å²) in [6.45, 7) is 2.55. The number of hydrogen-bond donors (Lipinski definition) is 0. The summed E-state index contributed by atoms with van der Waals surface area (Å²) >= 11 is 5.89. The van der Waals surface area contributed by atoms with Gasteiger partial charge in [0.1, 0.15) is 17.8 Å². The van der Waals surface area contributed by atoms with Gasteiger partial charge in [-0.25, -0.2) is 4.98 Å². The molecule has 5 nitrogen and oxygen atoms in total. The van der Waals surface area contributed by atoms with E-state index >= 15 is 0 Å². The Hall–Kier alpha value is -2.01. The molecule has 0 aliphatic heterocycles. The lowest BCUT2D eigenvalue weighted by atomic mass is 10.3. The van der Waals surface area contributed by atoms with Crippen LogP contribution in [0.2, 0.25) is 5.15 Å². The molecule has 0 aliphatic carbocycles. The molecule has 19 heavy (non-hydrogen) atoms. The zero-order chi connectivity index (χ0) is 13.7. The van der Waals surface area contributed by atoms with Crippen LogP contribution in [0.3, 0.4) is 0 Å². The summed E-state index contributed by atoms with van der Waals surface area (Å²) in [7, 11) is 1.48. The molecule has 6 heteroatoms. The minimum atomic E-state index is 0.207. The number of benzene rings is 1. The fourth-order valence-corrected chi connectivity index (χ4v) is 1.67. The second-order valence-corrected chi connectivity index (χ2v) is 3.87. The van der Waals surface area contributed by atoms with Crippen LogP contribution < -0.4 is 14.2 Å². The molecule has 0 amide bonds. The van der Waals surface area contributed by atoms with E-state index < -0.39 is 0 Å². The first-order valence-electron chi connectivity index (χ1n) is 5.69. The normalized spacial score (nSPS) is 10.1. The van der Waals surface area contributed by atoms with Crippen LogP contribution >= 0.6 is 11.6 Å². The quantitative estimate of drug-likeness (QED) is 0.786. The third-order valence-electron chi connectivity index (χ3n) is 2.28. The lowest BCUT2D eigenvalue weighted by Gasteiger charge is -2.10. The molecule has 1 heterocycles. The highest BCUT2D eigenvalue weighted by molar-refractivity contribution is 6.31. The molecule has 0 radical (unpaired) electrons. The van der Waals surface area contributed by atoms with E-state index in [1.165, 1.54) is 13.4 Å². The van der Waals surface area contributed by atoms with Gasteiger partial charge < -0.3 is 14.2 Å². The van der Waals surface area contributed by atoms with Crippen molar-refractivity contribution in [2.75, 3.05) is 13.7 Å². The van der Waals surface area contributed by atoms with E-state index in [1.54, 1.807) is 12.1 Å². The van der Waals surface area contributed by atoms with Crippen LogP contribution in [0.4, 0.5) is 0 Å². The second kappa shape index (κ2) is 6.24. The minimum Gasteiger partial charge on any atom is -0.494 e. The standard InChI is InChI=1S/C13H13ClN2O3/c1-3-18-9-4-6-10(7-5-9)19-13-11(17-2)12(14)15-8-16-13/h4-8H,3H2,1-2H3. The van der Waals surface area contributed by atoms with E-state index in [4.69, 9.17) is 25.8 Å². The maximum Gasteiger partial charge on any atom is 0.267 e. The summed E-state index contributed by atoms with van der Waals surface area (Å²) in [5.41, 5.74) is 0. The van der Waals surface area contributed by atoms with Crippen LogP contribution in [0.25, 0.3) is 0 Å². The van der Waals surface area contributed by atoms with E-state index in [0.717, 1.165) is 5.75 Å². The third-order valence-corrected chi connectivity index (χ3v) is 2.55. The number of ether oxygens (including phenoxy) is 3. The van der Waals surface area contributed by atoms with Gasteiger partial charge in [-0.15, -0.1) is 0 Å². The first-order valence-corrected chi connectivity index (χ1v) is 6.07. The summed E-state index contributed by atoms with van der Waals surface area (Å²) in [4.78, 5) is 7.81. The van der Waals surface area contributed by atoms with Crippen LogP contribution in [-0.2, 0) is 0 Å². The van der Waals surface area contributed by atoms with Gasteiger partial charge in [-0.1, -0.05) is 11.6 Å². The molecule has 0 saturated carbocycles. The zero-order valence-electron chi connectivity index (χ0n) is 10.6. The summed E-state index contributed by atoms with van der Waals surface area (Å²) in [6, 6.07) is 7.18. The zero-order valence-corrected chi connectivity index (χ0v) is 11.3. The Kier molecular flexibility index (Phi) is 4.41. The van der Waals surface area contributed by atoms with Gasteiger partial charge >= 0.3 is 0 Å². The van der Waals surface area contributed by atoms with Crippen LogP contribution in [0.5, 0.6) is 23.1 Å². The monoisotopic (exact) mass is 280 g/mol. The molecule has 0 fully saturated rings. The number of rotatable bonds is 5. The van der Waals surface area contributed by atoms with E-state index in [1.807, 2.05) is 19.1 Å². The number of halogens is 1. The van der Waals surface area contributed by atoms with Crippen molar-refractivity contribution in [3.05, 3.63) is 35.7 Å². The Labute approximate surface area is 116 Å². The summed E-state index contributed by atoms with van der Waals surface area (Å²) in [5, 5.41) is 0.207. The van der Waals surface area contributed by atoms with Gasteiger partial charge in [-0.05, 0) is 31.2 Å². The third kappa shape index (κ3) is 3.26. The average molecular weight is 281 g/mol. The lowest BCUT2D eigenvalue weighted by molar-refractivity contribution is 0.339. The van der Waals surface area contributed by atoms with Gasteiger partial charge in [0.25, 0.3) is 5.88 Å². The number of aromatic nitrogens is 2. The van der Waals surface area contributed by atoms with E-state index in [0.29, 0.717) is 18.1 Å². The second-order valence-electron chi connectivity index (χ2n) is 3.51. The Morgan fingerprint density at radius 3 is 2.42 bits per heavy atom. The van der Waals surface area contributed by atoms with Gasteiger partial charge in [-0.2, -0.15) is 4.98 Å². The largest absolute Gasteiger partial charge is 0.494 e. The first kappa shape index (κ1) is 13.4. The van der Waals surface area contributed by atoms with Crippen molar-refractivity contribution < 1.29 is 14.2 Å². The first-order chi connectivity index (χ1) is 9.24. The smallest absolute Gasteiger partial charge is 0.267 e. The molecular formula is C13H13ClN2O3. The molecule has 0 saturated heterocycles. The van der Waals surface area contributed by atoms with Crippen molar-refractivity contribution >= 4 is 11.6 Å². The fourth-order valence-electron chi connectivity index (χ4n) is 1.46. The Morgan fingerprint density at radius 2 is 1.79 bits per heavy atom. The van der Waals surface area contributed by atoms with Gasteiger partial charge in [0, 0.05) is 0 Å². The van der Waals surface area contributed by atoms with Crippen molar-refractivity contribution in [3.8, 4) is 23.1 Å². The molecule has 0 atom stereocenters. The fraction of sp³-hybridized carbons (Fsp3) is 0.231. The summed E-state index contributed by atoms with van der Waals surface area (Å²) in [5.74, 6) is 1.96. The predicted molar refractivity (Wildman–Crippen MR) is 71.3 cm³/mol. The van der Waals surface area contributed by atoms with Crippen molar-refractivity contribution in [3.63, 3.8) is 0 Å². The van der Waals surface area contributed by atoms with Crippen molar-refractivity contribution in [1.29, 1.82) is 0 Å². The number of hydrogen-bond acceptors (Lipinski definition) is 5. The lowest BCUT2D eigenvalue weighted by Crippen LogP contribution is -1.96. The molecule has 2 aromatic rings. The van der Waals surface area contributed by atoms with Gasteiger partial charge in [0.15, 0.2) is 5.15 Å². The minimum absolute atomic E-state index is 0.207. The highest BCUT2D eigenvalue weighted by Crippen LogP contribution is 2.33. The maximum absolute atomic E-state index is 5.89. The van der Waals surface area contributed by atoms with Crippen LogP contribution in [0.15, 0.2) is 30.6 Å². The predicted octanol–water partition coefficient (Wildman–Crippen LogP) is 3.33. The van der Waals surface area contributed by atoms with Crippen LogP contribution in [0, 0.1) is 0 Å². The van der Waals surface area contributed by atoms with Gasteiger partial charge in [0.2, 0.25) is 5.75 Å². The van der Waals surface area contributed by atoms with E-state index in [2.05, 4.69) is 9.97 Å². The van der Waals surface area contributed by atoms with Crippen LogP contribution in [0.1, 0.15) is 6.92 Å². The van der Waals surface area contributed by atoms with Crippen molar-refractivity contribution in [2.24, 2.45) is 0 Å². The summed E-state index contributed by atoms with van der Waals surface area (Å²) < 4.78 is 16.1. The van der Waals surface area contributed by atoms with Crippen molar-refractivity contribution in [2.45, 2.75) is 6.92 Å². The molecule has 0 unspecified atom stereocenters. The number of nitrogens with zero attached hydrogens (tertiary/aromatic N) is 2. The molecule has 0 spiro atoms. The van der Waals surface area contributed by atoms with Crippen LogP contribution in [-0.4, -0.2) is 23.7 Å². The average Bonchev–Trinajstić information content (AvgIpc) is 2.42. The molecule has 0 aliphatic rings. The Balaban J connectivity index is 2.19. The Morgan fingerprint density at radius 1 is 1.11 bits per heavy atom. The van der Waals surface area contributed by atoms with E-state index in [-0.39, 0.29) is 11.0 Å². The molecule has 100 valence electrons. The molecule has 0 N–H and O–H groups in total. The highest BCUT2D eigenvalue weighted by Gasteiger charge is 2.12. The van der Waals surface area contributed by atoms with Gasteiger partial charge in [-0.3, -0.25) is 0 Å². The SMILES string of the molecule is CCOc1ccc(Oc2ncnc(Cl)c2OC)cc1. The molecule has 1 aromatic heterocycles. The Bertz CT molecular complexity index is 546. The topological polar surface area (TPSA) is 53.5 Å². The highest BCUT2D eigenvalue weighted by atomic mass is 35.5. The molecule has 2 rings (SSSR count). The van der Waals surface area contributed by atoms with Gasteiger partial charge in [0.05, 0.1) is 13.7 Å².